The first-order valence-corrected chi connectivity index (χ1v) is 8.80. The molecule has 2 aromatic rings. The zero-order valence-corrected chi connectivity index (χ0v) is 16.8. The van der Waals surface area contributed by atoms with Crippen LogP contribution in [0, 0.1) is 0 Å². The van der Waals surface area contributed by atoms with Gasteiger partial charge in [0.1, 0.15) is 17.2 Å². The van der Waals surface area contributed by atoms with Crippen LogP contribution in [0.1, 0.15) is 29.8 Å². The molecule has 0 unspecified atom stereocenters. The summed E-state index contributed by atoms with van der Waals surface area (Å²) in [6, 6.07) is 11.1. The highest BCUT2D eigenvalue weighted by atomic mass is 16.5. The Labute approximate surface area is 161 Å². The van der Waals surface area contributed by atoms with Gasteiger partial charge in [-0.05, 0) is 61.4 Å². The first-order chi connectivity index (χ1) is 12.9. The summed E-state index contributed by atoms with van der Waals surface area (Å²) >= 11 is 0. The summed E-state index contributed by atoms with van der Waals surface area (Å²) in [5.74, 6) is 1.85. The van der Waals surface area contributed by atoms with E-state index in [0.717, 1.165) is 17.0 Å². The molecule has 27 heavy (non-hydrogen) atoms. The van der Waals surface area contributed by atoms with Crippen LogP contribution in [0.4, 0.5) is 5.69 Å². The number of benzene rings is 2. The smallest absolute Gasteiger partial charge is 0.192 e. The molecule has 2 aromatic carbocycles. The highest BCUT2D eigenvalue weighted by molar-refractivity contribution is 6.12. The fourth-order valence-corrected chi connectivity index (χ4v) is 2.77. The molecule has 0 fully saturated rings. The molecular weight excluding hydrogens is 342 g/mol. The highest BCUT2D eigenvalue weighted by Crippen LogP contribution is 2.30. The minimum atomic E-state index is -0.106. The van der Waals surface area contributed by atoms with Gasteiger partial charge in [0.05, 0.1) is 32.1 Å². The number of Topliss-reactive ketones (excluding diaryl/α,β-unsaturated/α-hetero) is 1. The van der Waals surface area contributed by atoms with Crippen LogP contribution in [0.2, 0.25) is 0 Å². The summed E-state index contributed by atoms with van der Waals surface area (Å²) in [4.78, 5) is 14.9. The first-order valence-electron chi connectivity index (χ1n) is 8.80. The van der Waals surface area contributed by atoms with Crippen molar-refractivity contribution in [3.8, 4) is 17.2 Å². The van der Waals surface area contributed by atoms with Crippen molar-refractivity contribution < 1.29 is 19.0 Å². The van der Waals surface area contributed by atoms with Gasteiger partial charge >= 0.3 is 0 Å². The van der Waals surface area contributed by atoms with Crippen molar-refractivity contribution in [1.29, 1.82) is 0 Å². The molecule has 0 bridgehead atoms. The van der Waals surface area contributed by atoms with Gasteiger partial charge in [-0.25, -0.2) is 0 Å². The topological polar surface area (TPSA) is 48.0 Å². The van der Waals surface area contributed by atoms with Crippen LogP contribution in [0.15, 0.2) is 42.0 Å². The number of ketones is 1. The Bertz CT molecular complexity index is 840. The minimum absolute atomic E-state index is 0.106. The molecule has 2 rings (SSSR count). The Hall–Kier alpha value is -2.95. The van der Waals surface area contributed by atoms with E-state index in [1.54, 1.807) is 39.3 Å². The molecule has 144 valence electrons. The van der Waals surface area contributed by atoms with Gasteiger partial charge in [-0.15, -0.1) is 0 Å². The summed E-state index contributed by atoms with van der Waals surface area (Å²) in [7, 11) is 7.05. The van der Waals surface area contributed by atoms with Crippen LogP contribution in [-0.4, -0.2) is 40.7 Å². The average Bonchev–Trinajstić information content (AvgIpc) is 2.67. The second-order valence-electron chi connectivity index (χ2n) is 6.28. The minimum Gasteiger partial charge on any atom is -0.497 e. The van der Waals surface area contributed by atoms with Crippen LogP contribution >= 0.6 is 0 Å². The Morgan fingerprint density at radius 2 is 1.74 bits per heavy atom. The lowest BCUT2D eigenvalue weighted by Gasteiger charge is -2.18. The molecule has 0 spiro atoms. The molecule has 0 aliphatic rings. The number of hydrogen-bond donors (Lipinski definition) is 0. The van der Waals surface area contributed by atoms with E-state index in [9.17, 15) is 4.79 Å². The van der Waals surface area contributed by atoms with E-state index in [1.165, 1.54) is 0 Å². The largest absolute Gasteiger partial charge is 0.497 e. The fraction of sp³-hybridized carbons (Fsp3) is 0.318. The van der Waals surface area contributed by atoms with Crippen LogP contribution in [0.25, 0.3) is 6.08 Å². The molecule has 5 heteroatoms. The van der Waals surface area contributed by atoms with Crippen molar-refractivity contribution in [3.63, 3.8) is 0 Å². The lowest BCUT2D eigenvalue weighted by Crippen LogP contribution is -2.11. The third kappa shape index (κ3) is 4.82. The van der Waals surface area contributed by atoms with Crippen LogP contribution in [0.3, 0.4) is 0 Å². The standard InChI is InChI=1S/C22H27NO4/c1-7-27-21-10-8-16(13-19(21)23(3)4)12-15(2)22(24)18-14-17(25-5)9-11-20(18)26-6/h8-14H,7H2,1-6H3. The normalized spacial score (nSPS) is 11.1. The van der Waals surface area contributed by atoms with Crippen molar-refractivity contribution in [2.75, 3.05) is 39.8 Å². The second kappa shape index (κ2) is 9.12. The molecule has 0 aliphatic carbocycles. The molecule has 0 atom stereocenters. The first kappa shape index (κ1) is 20.4. The van der Waals surface area contributed by atoms with E-state index < -0.39 is 0 Å². The monoisotopic (exact) mass is 369 g/mol. The summed E-state index contributed by atoms with van der Waals surface area (Å²) in [6.07, 6.45) is 1.87. The summed E-state index contributed by atoms with van der Waals surface area (Å²) < 4.78 is 16.2. The van der Waals surface area contributed by atoms with Gasteiger partial charge in [0.2, 0.25) is 0 Å². The summed E-state index contributed by atoms with van der Waals surface area (Å²) in [5, 5.41) is 0. The number of allylic oxidation sites excluding steroid dienone is 1. The van der Waals surface area contributed by atoms with Gasteiger partial charge in [-0.3, -0.25) is 4.79 Å². The Kier molecular flexibility index (Phi) is 6.88. The van der Waals surface area contributed by atoms with Crippen molar-refractivity contribution in [3.05, 3.63) is 53.1 Å². The maximum absolute atomic E-state index is 12.9. The number of ether oxygens (including phenoxy) is 3. The quantitative estimate of drug-likeness (QED) is 0.508. The van der Waals surface area contributed by atoms with Crippen LogP contribution < -0.4 is 19.1 Å². The van der Waals surface area contributed by atoms with Gasteiger partial charge in [0, 0.05) is 14.1 Å². The summed E-state index contributed by atoms with van der Waals surface area (Å²) in [6.45, 7) is 4.35. The van der Waals surface area contributed by atoms with Gasteiger partial charge in [0.15, 0.2) is 5.78 Å². The van der Waals surface area contributed by atoms with Gasteiger partial charge < -0.3 is 19.1 Å². The molecule has 0 amide bonds. The molecule has 0 saturated heterocycles. The van der Waals surface area contributed by atoms with E-state index in [-0.39, 0.29) is 5.78 Å². The molecular formula is C22H27NO4. The lowest BCUT2D eigenvalue weighted by molar-refractivity contribution is 0.103. The molecule has 0 saturated carbocycles. The SMILES string of the molecule is CCOc1ccc(C=C(C)C(=O)c2cc(OC)ccc2OC)cc1N(C)C. The van der Waals surface area contributed by atoms with Crippen molar-refractivity contribution >= 4 is 17.5 Å². The van der Waals surface area contributed by atoms with Crippen molar-refractivity contribution in [1.82, 2.24) is 0 Å². The van der Waals surface area contributed by atoms with Gasteiger partial charge in [-0.2, -0.15) is 0 Å². The number of methoxy groups -OCH3 is 2. The van der Waals surface area contributed by atoms with Crippen LogP contribution in [-0.2, 0) is 0 Å². The number of nitrogens with zero attached hydrogens (tertiary/aromatic N) is 1. The Morgan fingerprint density at radius 1 is 1.04 bits per heavy atom. The third-order valence-electron chi connectivity index (χ3n) is 4.16. The molecule has 0 N–H and O–H groups in total. The van der Waals surface area contributed by atoms with E-state index >= 15 is 0 Å². The van der Waals surface area contributed by atoms with E-state index in [4.69, 9.17) is 14.2 Å². The highest BCUT2D eigenvalue weighted by Gasteiger charge is 2.16. The van der Waals surface area contributed by atoms with Gasteiger partial charge in [-0.1, -0.05) is 6.07 Å². The van der Waals surface area contributed by atoms with Gasteiger partial charge in [0.25, 0.3) is 0 Å². The maximum atomic E-state index is 12.9. The molecule has 0 aliphatic heterocycles. The second-order valence-corrected chi connectivity index (χ2v) is 6.28. The zero-order valence-electron chi connectivity index (χ0n) is 16.8. The molecule has 0 heterocycles. The molecule has 0 radical (unpaired) electrons. The molecule has 5 nitrogen and oxygen atoms in total. The molecule has 0 aromatic heterocycles. The number of anilines is 1. The zero-order chi connectivity index (χ0) is 20.0. The number of hydrogen-bond acceptors (Lipinski definition) is 5. The van der Waals surface area contributed by atoms with Crippen LogP contribution in [0.5, 0.6) is 17.2 Å². The average molecular weight is 369 g/mol. The number of carbonyl (C=O) groups excluding carboxylic acids is 1. The van der Waals surface area contributed by atoms with E-state index in [0.29, 0.717) is 29.2 Å². The van der Waals surface area contributed by atoms with E-state index in [2.05, 4.69) is 0 Å². The third-order valence-corrected chi connectivity index (χ3v) is 4.16. The maximum Gasteiger partial charge on any atom is 0.192 e. The Balaban J connectivity index is 2.39. The lowest BCUT2D eigenvalue weighted by atomic mass is 10.0. The van der Waals surface area contributed by atoms with Crippen molar-refractivity contribution in [2.24, 2.45) is 0 Å². The van der Waals surface area contributed by atoms with E-state index in [1.807, 2.05) is 50.2 Å². The predicted octanol–water partition coefficient (Wildman–Crippen LogP) is 4.45. The summed E-state index contributed by atoms with van der Waals surface area (Å²) in [5.41, 5.74) is 2.97. The number of rotatable bonds is 8. The van der Waals surface area contributed by atoms with Crippen molar-refractivity contribution in [2.45, 2.75) is 13.8 Å². The Morgan fingerprint density at radius 3 is 2.33 bits per heavy atom. The fourth-order valence-electron chi connectivity index (χ4n) is 2.77. The predicted molar refractivity (Wildman–Crippen MR) is 109 cm³/mol. The number of carbonyl (C=O) groups is 1.